The summed E-state index contributed by atoms with van der Waals surface area (Å²) in [6, 6.07) is 4.53. The van der Waals surface area contributed by atoms with Crippen molar-refractivity contribution in [3.05, 3.63) is 34.6 Å². The number of ether oxygens (including phenoxy) is 2. The van der Waals surface area contributed by atoms with Gasteiger partial charge in [0.25, 0.3) is 0 Å². The smallest absolute Gasteiger partial charge is 0.193 e. The summed E-state index contributed by atoms with van der Waals surface area (Å²) >= 11 is 6.09. The maximum atomic E-state index is 13.1. The lowest BCUT2D eigenvalue weighted by molar-refractivity contribution is -0.0367. The molecule has 1 N–H and O–H groups in total. The van der Waals surface area contributed by atoms with Crippen LogP contribution in [0, 0.1) is 5.82 Å². The van der Waals surface area contributed by atoms with Crippen molar-refractivity contribution in [2.75, 3.05) is 39.9 Å². The van der Waals surface area contributed by atoms with Gasteiger partial charge in [-0.05, 0) is 49.8 Å². The number of guanidine groups is 1. The first-order valence-electron chi connectivity index (χ1n) is 9.78. The van der Waals surface area contributed by atoms with Crippen molar-refractivity contribution >= 4 is 41.5 Å². The van der Waals surface area contributed by atoms with Gasteiger partial charge in [0.2, 0.25) is 0 Å². The van der Waals surface area contributed by atoms with Gasteiger partial charge in [-0.3, -0.25) is 4.99 Å². The molecule has 2 aliphatic heterocycles. The molecule has 1 unspecified atom stereocenters. The Hall–Kier alpha value is -0.640. The number of rotatable bonds is 6. The molecule has 8 heteroatoms. The molecule has 2 aliphatic rings. The number of nitrogens with one attached hydrogen (secondary N) is 1. The fraction of sp³-hybridized carbons (Fsp3) is 0.650. The fourth-order valence-corrected chi connectivity index (χ4v) is 3.88. The van der Waals surface area contributed by atoms with Gasteiger partial charge >= 0.3 is 0 Å². The van der Waals surface area contributed by atoms with Crippen LogP contribution in [0.5, 0.6) is 0 Å². The second kappa shape index (κ2) is 12.1. The topological polar surface area (TPSA) is 46.1 Å². The SMILES string of the molecule is CN=C(NCCc1ccc(F)cc1Cl)N1CCC(OCC2CCCO2)CC1.I. The van der Waals surface area contributed by atoms with E-state index in [0.717, 1.165) is 69.9 Å². The van der Waals surface area contributed by atoms with Gasteiger partial charge < -0.3 is 19.7 Å². The van der Waals surface area contributed by atoms with E-state index in [0.29, 0.717) is 17.7 Å². The summed E-state index contributed by atoms with van der Waals surface area (Å²) < 4.78 is 24.8. The predicted molar refractivity (Wildman–Crippen MR) is 121 cm³/mol. The first-order valence-corrected chi connectivity index (χ1v) is 10.2. The molecule has 5 nitrogen and oxygen atoms in total. The monoisotopic (exact) mass is 525 g/mol. The number of aliphatic imine (C=N–C) groups is 1. The Bertz CT molecular complexity index is 636. The second-order valence-electron chi connectivity index (χ2n) is 7.11. The van der Waals surface area contributed by atoms with Crippen molar-refractivity contribution < 1.29 is 13.9 Å². The van der Waals surface area contributed by atoms with Crippen LogP contribution < -0.4 is 5.32 Å². The molecule has 1 atom stereocenters. The first-order chi connectivity index (χ1) is 13.2. The van der Waals surface area contributed by atoms with E-state index in [1.807, 2.05) is 0 Å². The van der Waals surface area contributed by atoms with E-state index in [-0.39, 0.29) is 35.9 Å². The Morgan fingerprint density at radius 1 is 1.36 bits per heavy atom. The highest BCUT2D eigenvalue weighted by atomic mass is 127. The van der Waals surface area contributed by atoms with Crippen LogP contribution in [-0.2, 0) is 15.9 Å². The molecule has 2 heterocycles. The number of halogens is 3. The highest BCUT2D eigenvalue weighted by Crippen LogP contribution is 2.19. The molecule has 0 bridgehead atoms. The zero-order valence-corrected chi connectivity index (χ0v) is 19.4. The van der Waals surface area contributed by atoms with Crippen LogP contribution in [0.2, 0.25) is 5.02 Å². The van der Waals surface area contributed by atoms with Crippen LogP contribution >= 0.6 is 35.6 Å². The summed E-state index contributed by atoms with van der Waals surface area (Å²) in [7, 11) is 1.80. The molecular weight excluding hydrogens is 496 g/mol. The number of hydrogen-bond acceptors (Lipinski definition) is 3. The average molecular weight is 526 g/mol. The molecule has 0 amide bonds. The third-order valence-corrected chi connectivity index (χ3v) is 5.54. The minimum atomic E-state index is -0.308. The highest BCUT2D eigenvalue weighted by Gasteiger charge is 2.24. The van der Waals surface area contributed by atoms with Crippen LogP contribution in [0.4, 0.5) is 4.39 Å². The molecule has 3 rings (SSSR count). The summed E-state index contributed by atoms with van der Waals surface area (Å²) in [5.41, 5.74) is 0.933. The zero-order valence-electron chi connectivity index (χ0n) is 16.3. The van der Waals surface area contributed by atoms with Crippen LogP contribution in [-0.4, -0.2) is 63.0 Å². The van der Waals surface area contributed by atoms with E-state index < -0.39 is 0 Å². The van der Waals surface area contributed by atoms with Gasteiger partial charge in [-0.15, -0.1) is 24.0 Å². The van der Waals surface area contributed by atoms with Crippen LogP contribution in [0.1, 0.15) is 31.2 Å². The second-order valence-corrected chi connectivity index (χ2v) is 7.52. The molecule has 0 spiro atoms. The molecule has 2 fully saturated rings. The number of nitrogens with zero attached hydrogens (tertiary/aromatic N) is 2. The summed E-state index contributed by atoms with van der Waals surface area (Å²) in [4.78, 5) is 6.65. The fourth-order valence-electron chi connectivity index (χ4n) is 3.62. The molecule has 1 aromatic carbocycles. The van der Waals surface area contributed by atoms with Gasteiger partial charge in [0, 0.05) is 38.3 Å². The van der Waals surface area contributed by atoms with E-state index in [1.165, 1.54) is 12.1 Å². The van der Waals surface area contributed by atoms with Gasteiger partial charge in [0.1, 0.15) is 5.82 Å². The summed E-state index contributed by atoms with van der Waals surface area (Å²) in [6.45, 7) is 4.14. The lowest BCUT2D eigenvalue weighted by Crippen LogP contribution is -2.47. The number of piperidine rings is 1. The van der Waals surface area contributed by atoms with Gasteiger partial charge in [0.05, 0.1) is 18.8 Å². The lowest BCUT2D eigenvalue weighted by atomic mass is 10.1. The number of benzene rings is 1. The van der Waals surface area contributed by atoms with Gasteiger partial charge in [-0.1, -0.05) is 17.7 Å². The van der Waals surface area contributed by atoms with E-state index in [2.05, 4.69) is 15.2 Å². The minimum Gasteiger partial charge on any atom is -0.376 e. The third kappa shape index (κ3) is 7.00. The van der Waals surface area contributed by atoms with Crippen LogP contribution in [0.25, 0.3) is 0 Å². The van der Waals surface area contributed by atoms with E-state index >= 15 is 0 Å². The van der Waals surface area contributed by atoms with E-state index in [9.17, 15) is 4.39 Å². The standard InChI is InChI=1S/C20H29ClFN3O2.HI/c1-23-20(24-9-6-15-4-5-16(22)13-19(15)21)25-10-7-17(8-11-25)27-14-18-3-2-12-26-18;/h4-5,13,17-18H,2-3,6-12,14H2,1H3,(H,23,24);1H. The molecular formula is C20H30ClFIN3O2. The van der Waals surface area contributed by atoms with E-state index in [1.54, 1.807) is 13.1 Å². The van der Waals surface area contributed by atoms with Crippen molar-refractivity contribution in [3.63, 3.8) is 0 Å². The van der Waals surface area contributed by atoms with Crippen molar-refractivity contribution in [3.8, 4) is 0 Å². The van der Waals surface area contributed by atoms with Crippen molar-refractivity contribution in [1.29, 1.82) is 0 Å². The summed E-state index contributed by atoms with van der Waals surface area (Å²) in [5, 5.41) is 3.85. The molecule has 2 saturated heterocycles. The van der Waals surface area contributed by atoms with E-state index in [4.69, 9.17) is 21.1 Å². The Labute approximate surface area is 189 Å². The predicted octanol–water partition coefficient (Wildman–Crippen LogP) is 3.88. The molecule has 0 saturated carbocycles. The molecule has 158 valence electrons. The Balaban J connectivity index is 0.00000280. The third-order valence-electron chi connectivity index (χ3n) is 5.19. The Kier molecular flexibility index (Phi) is 10.3. The van der Waals surface area contributed by atoms with Crippen molar-refractivity contribution in [2.45, 2.75) is 44.3 Å². The Morgan fingerprint density at radius 2 is 2.14 bits per heavy atom. The number of hydrogen-bond donors (Lipinski definition) is 1. The molecule has 0 aromatic heterocycles. The van der Waals surface area contributed by atoms with Crippen molar-refractivity contribution in [1.82, 2.24) is 10.2 Å². The summed E-state index contributed by atoms with van der Waals surface area (Å²) in [6.07, 6.45) is 5.58. The van der Waals surface area contributed by atoms with Crippen LogP contribution in [0.3, 0.4) is 0 Å². The molecule has 28 heavy (non-hydrogen) atoms. The summed E-state index contributed by atoms with van der Waals surface area (Å²) in [5.74, 6) is 0.586. The van der Waals surface area contributed by atoms with Crippen molar-refractivity contribution in [2.24, 2.45) is 4.99 Å². The largest absolute Gasteiger partial charge is 0.376 e. The first kappa shape index (κ1) is 23.6. The average Bonchev–Trinajstić information content (AvgIpc) is 3.19. The maximum absolute atomic E-state index is 13.1. The normalized spacial score (nSPS) is 20.9. The van der Waals surface area contributed by atoms with Crippen LogP contribution in [0.15, 0.2) is 23.2 Å². The Morgan fingerprint density at radius 3 is 2.79 bits per heavy atom. The maximum Gasteiger partial charge on any atom is 0.193 e. The lowest BCUT2D eigenvalue weighted by Gasteiger charge is -2.34. The van der Waals surface area contributed by atoms with Gasteiger partial charge in [-0.25, -0.2) is 4.39 Å². The molecule has 0 aliphatic carbocycles. The quantitative estimate of drug-likeness (QED) is 0.348. The van der Waals surface area contributed by atoms with Gasteiger partial charge in [0.15, 0.2) is 5.96 Å². The highest BCUT2D eigenvalue weighted by molar-refractivity contribution is 14.0. The molecule has 1 aromatic rings. The van der Waals surface area contributed by atoms with Gasteiger partial charge in [-0.2, -0.15) is 0 Å². The zero-order chi connectivity index (χ0) is 19.1. The molecule has 0 radical (unpaired) electrons. The minimum absolute atomic E-state index is 0. The number of likely N-dealkylation sites (tertiary alicyclic amines) is 1.